The molecule has 2 heterocycles. The van der Waals surface area contributed by atoms with Gasteiger partial charge in [0, 0.05) is 30.1 Å². The summed E-state index contributed by atoms with van der Waals surface area (Å²) in [5.41, 5.74) is 1.27. The molecule has 0 aliphatic rings. The highest BCUT2D eigenvalue weighted by Gasteiger charge is 2.06. The third-order valence-corrected chi connectivity index (χ3v) is 3.06. The van der Waals surface area contributed by atoms with Crippen LogP contribution in [0.3, 0.4) is 0 Å². The van der Waals surface area contributed by atoms with Gasteiger partial charge in [0.05, 0.1) is 6.54 Å². The Morgan fingerprint density at radius 3 is 2.88 bits per heavy atom. The second kappa shape index (κ2) is 7.28. The van der Waals surface area contributed by atoms with Crippen LogP contribution >= 0.6 is 0 Å². The van der Waals surface area contributed by atoms with Crippen LogP contribution < -0.4 is 15.4 Å². The highest BCUT2D eigenvalue weighted by molar-refractivity contribution is 5.89. The molecule has 0 spiro atoms. The molecule has 0 aliphatic carbocycles. The number of nitrogens with one attached hydrogen (secondary N) is 2. The minimum Gasteiger partial charge on any atom is -0.439 e. The zero-order valence-electron chi connectivity index (χ0n) is 13.0. The van der Waals surface area contributed by atoms with Crippen molar-refractivity contribution in [2.75, 3.05) is 5.32 Å². The molecule has 24 heavy (non-hydrogen) atoms. The number of pyridine rings is 1. The summed E-state index contributed by atoms with van der Waals surface area (Å²) in [7, 11) is 0. The van der Waals surface area contributed by atoms with Gasteiger partial charge in [-0.15, -0.1) is 0 Å². The highest BCUT2D eigenvalue weighted by atomic mass is 16.5. The van der Waals surface area contributed by atoms with E-state index in [1.807, 2.05) is 12.1 Å². The molecular weight excluding hydrogens is 308 g/mol. The maximum absolute atomic E-state index is 11.9. The number of urea groups is 1. The first-order valence-corrected chi connectivity index (χ1v) is 7.35. The first-order chi connectivity index (χ1) is 11.7. The van der Waals surface area contributed by atoms with Crippen molar-refractivity contribution in [2.45, 2.75) is 13.5 Å². The predicted octanol–water partition coefficient (Wildman–Crippen LogP) is 3.49. The van der Waals surface area contributed by atoms with Crippen molar-refractivity contribution < 1.29 is 14.1 Å². The first kappa shape index (κ1) is 15.5. The largest absolute Gasteiger partial charge is 0.439 e. The number of hydrogen-bond donors (Lipinski definition) is 2. The second-order valence-corrected chi connectivity index (χ2v) is 5.03. The third-order valence-electron chi connectivity index (χ3n) is 3.06. The van der Waals surface area contributed by atoms with Gasteiger partial charge in [-0.1, -0.05) is 17.3 Å². The molecule has 7 nitrogen and oxygen atoms in total. The summed E-state index contributed by atoms with van der Waals surface area (Å²) in [4.78, 5) is 16.0. The van der Waals surface area contributed by atoms with Crippen LogP contribution in [-0.4, -0.2) is 16.2 Å². The predicted molar refractivity (Wildman–Crippen MR) is 87.9 cm³/mol. The molecule has 0 saturated carbocycles. The van der Waals surface area contributed by atoms with Crippen LogP contribution in [0.15, 0.2) is 59.3 Å². The van der Waals surface area contributed by atoms with Crippen LogP contribution in [0.4, 0.5) is 10.5 Å². The van der Waals surface area contributed by atoms with Gasteiger partial charge >= 0.3 is 6.03 Å². The van der Waals surface area contributed by atoms with Crippen molar-refractivity contribution in [2.24, 2.45) is 0 Å². The van der Waals surface area contributed by atoms with Crippen molar-refractivity contribution in [1.82, 2.24) is 15.5 Å². The number of nitrogens with zero attached hydrogens (tertiary/aromatic N) is 2. The van der Waals surface area contributed by atoms with Crippen molar-refractivity contribution in [3.8, 4) is 11.6 Å². The molecule has 1 aromatic carbocycles. The quantitative estimate of drug-likeness (QED) is 0.750. The van der Waals surface area contributed by atoms with Gasteiger partial charge in [0.15, 0.2) is 0 Å². The minimum atomic E-state index is -0.342. The molecular formula is C17H16N4O3. The molecule has 3 rings (SSSR count). The Hall–Kier alpha value is -3.35. The van der Waals surface area contributed by atoms with E-state index in [0.29, 0.717) is 28.8 Å². The third kappa shape index (κ3) is 4.33. The molecule has 2 aromatic heterocycles. The van der Waals surface area contributed by atoms with E-state index in [2.05, 4.69) is 20.8 Å². The van der Waals surface area contributed by atoms with E-state index >= 15 is 0 Å². The molecule has 0 atom stereocenters. The summed E-state index contributed by atoms with van der Waals surface area (Å²) in [5, 5.41) is 9.25. The van der Waals surface area contributed by atoms with Gasteiger partial charge in [0.25, 0.3) is 0 Å². The smallest absolute Gasteiger partial charge is 0.319 e. The number of anilines is 1. The Balaban J connectivity index is 1.56. The molecule has 7 heteroatoms. The summed E-state index contributed by atoms with van der Waals surface area (Å²) >= 11 is 0. The number of benzene rings is 1. The zero-order chi connectivity index (χ0) is 16.8. The summed E-state index contributed by atoms with van der Waals surface area (Å²) < 4.78 is 10.6. The maximum atomic E-state index is 11.9. The molecule has 2 amide bonds. The summed E-state index contributed by atoms with van der Waals surface area (Å²) in [5.74, 6) is 1.77. The summed E-state index contributed by atoms with van der Waals surface area (Å²) in [6.07, 6.45) is 1.65. The Labute approximate surface area is 138 Å². The van der Waals surface area contributed by atoms with Crippen LogP contribution in [-0.2, 0) is 6.54 Å². The lowest BCUT2D eigenvalue weighted by Gasteiger charge is -2.09. The molecule has 0 saturated heterocycles. The normalized spacial score (nSPS) is 10.2. The number of rotatable bonds is 5. The molecule has 0 unspecified atom stereocenters. The molecule has 0 radical (unpaired) electrons. The monoisotopic (exact) mass is 324 g/mol. The second-order valence-electron chi connectivity index (χ2n) is 5.03. The number of carbonyl (C=O) groups is 1. The number of aryl methyl sites for hydroxylation is 1. The van der Waals surface area contributed by atoms with Gasteiger partial charge in [-0.25, -0.2) is 9.78 Å². The fourth-order valence-electron chi connectivity index (χ4n) is 2.01. The van der Waals surface area contributed by atoms with Crippen LogP contribution in [0.5, 0.6) is 11.6 Å². The van der Waals surface area contributed by atoms with Gasteiger partial charge in [0.2, 0.25) is 5.88 Å². The zero-order valence-corrected chi connectivity index (χ0v) is 13.0. The lowest BCUT2D eigenvalue weighted by molar-refractivity contribution is 0.251. The van der Waals surface area contributed by atoms with Gasteiger partial charge < -0.3 is 19.9 Å². The maximum Gasteiger partial charge on any atom is 0.319 e. The van der Waals surface area contributed by atoms with E-state index in [4.69, 9.17) is 9.26 Å². The average Bonchev–Trinajstić information content (AvgIpc) is 3.00. The van der Waals surface area contributed by atoms with Crippen molar-refractivity contribution in [3.63, 3.8) is 0 Å². The average molecular weight is 324 g/mol. The Bertz CT molecular complexity index is 817. The van der Waals surface area contributed by atoms with Crippen molar-refractivity contribution >= 4 is 11.7 Å². The fraction of sp³-hybridized carbons (Fsp3) is 0.118. The lowest BCUT2D eigenvalue weighted by Crippen LogP contribution is -2.28. The molecule has 0 fully saturated rings. The Morgan fingerprint density at radius 1 is 1.21 bits per heavy atom. The molecule has 0 bridgehead atoms. The number of carbonyl (C=O) groups excluding carboxylic acids is 1. The number of amides is 2. The van der Waals surface area contributed by atoms with E-state index in [0.717, 1.165) is 0 Å². The summed E-state index contributed by atoms with van der Waals surface area (Å²) in [6.45, 7) is 2.08. The number of aromatic nitrogens is 2. The first-order valence-electron chi connectivity index (χ1n) is 7.35. The SMILES string of the molecule is Cc1cc(CNC(=O)Nc2cccc(Oc3ccccn3)c2)no1. The minimum absolute atomic E-state index is 0.285. The standard InChI is InChI=1S/C17H16N4O3/c1-12-9-14(21-24-12)11-19-17(22)20-13-5-4-6-15(10-13)23-16-7-2-3-8-18-16/h2-10H,11H2,1H3,(H2,19,20,22). The molecule has 3 aromatic rings. The Kier molecular flexibility index (Phi) is 4.71. The molecule has 122 valence electrons. The van der Waals surface area contributed by atoms with Gasteiger partial charge in [-0.2, -0.15) is 0 Å². The summed E-state index contributed by atoms with van der Waals surface area (Å²) in [6, 6.07) is 13.9. The van der Waals surface area contributed by atoms with E-state index in [1.54, 1.807) is 49.5 Å². The van der Waals surface area contributed by atoms with E-state index in [9.17, 15) is 4.79 Å². The van der Waals surface area contributed by atoms with Crippen LogP contribution in [0, 0.1) is 6.92 Å². The van der Waals surface area contributed by atoms with Crippen LogP contribution in [0.25, 0.3) is 0 Å². The lowest BCUT2D eigenvalue weighted by atomic mass is 10.3. The highest BCUT2D eigenvalue weighted by Crippen LogP contribution is 2.22. The number of ether oxygens (including phenoxy) is 1. The topological polar surface area (TPSA) is 89.3 Å². The van der Waals surface area contributed by atoms with Gasteiger partial charge in [0.1, 0.15) is 17.2 Å². The van der Waals surface area contributed by atoms with Gasteiger partial charge in [-0.3, -0.25) is 0 Å². The van der Waals surface area contributed by atoms with Gasteiger partial charge in [-0.05, 0) is 25.1 Å². The van der Waals surface area contributed by atoms with Crippen molar-refractivity contribution in [3.05, 3.63) is 66.2 Å². The van der Waals surface area contributed by atoms with Crippen LogP contribution in [0.1, 0.15) is 11.5 Å². The van der Waals surface area contributed by atoms with E-state index in [1.165, 1.54) is 0 Å². The molecule has 2 N–H and O–H groups in total. The Morgan fingerprint density at radius 2 is 2.12 bits per heavy atom. The van der Waals surface area contributed by atoms with Crippen molar-refractivity contribution in [1.29, 1.82) is 0 Å². The van der Waals surface area contributed by atoms with Crippen LogP contribution in [0.2, 0.25) is 0 Å². The number of hydrogen-bond acceptors (Lipinski definition) is 5. The van der Waals surface area contributed by atoms with E-state index < -0.39 is 0 Å². The fourth-order valence-corrected chi connectivity index (χ4v) is 2.01. The van der Waals surface area contributed by atoms with E-state index in [-0.39, 0.29) is 12.6 Å². The molecule has 0 aliphatic heterocycles.